The molecular weight excluding hydrogens is 288 g/mol. The third-order valence-electron chi connectivity index (χ3n) is 3.04. The largest absolute Gasteiger partial charge is 0.492 e. The van der Waals surface area contributed by atoms with E-state index in [1.54, 1.807) is 7.11 Å². The number of fused-ring (bicyclic) bond motifs is 1. The van der Waals surface area contributed by atoms with Gasteiger partial charge in [-0.3, -0.25) is 4.57 Å². The van der Waals surface area contributed by atoms with E-state index in [0.717, 1.165) is 11.4 Å². The monoisotopic (exact) mass is 302 g/mol. The Bertz CT molecular complexity index is 840. The van der Waals surface area contributed by atoms with E-state index in [9.17, 15) is 0 Å². The highest BCUT2D eigenvalue weighted by Gasteiger charge is 2.15. The van der Waals surface area contributed by atoms with Crippen LogP contribution in [0.15, 0.2) is 30.6 Å². The number of aromatic amines is 1. The molecule has 0 bridgehead atoms. The Hall–Kier alpha value is -2.41. The van der Waals surface area contributed by atoms with Crippen molar-refractivity contribution in [2.75, 3.05) is 13.7 Å². The predicted molar refractivity (Wildman–Crippen MR) is 81.8 cm³/mol. The normalized spacial score (nSPS) is 10.8. The summed E-state index contributed by atoms with van der Waals surface area (Å²) < 4.78 is 13.2. The third kappa shape index (κ3) is 2.25. The van der Waals surface area contributed by atoms with Crippen molar-refractivity contribution in [2.45, 2.75) is 6.92 Å². The highest BCUT2D eigenvalue weighted by molar-refractivity contribution is 7.71. The number of benzene rings is 1. The summed E-state index contributed by atoms with van der Waals surface area (Å²) in [5.74, 6) is 1.20. The minimum atomic E-state index is 0.457. The van der Waals surface area contributed by atoms with Crippen LogP contribution in [-0.4, -0.2) is 33.2 Å². The maximum Gasteiger partial charge on any atom is 0.242 e. The fourth-order valence-electron chi connectivity index (χ4n) is 2.20. The first-order chi connectivity index (χ1) is 10.3. The molecule has 0 fully saturated rings. The number of imidazole rings is 1. The minimum absolute atomic E-state index is 0.457. The van der Waals surface area contributed by atoms with Crippen molar-refractivity contribution in [3.05, 3.63) is 35.4 Å². The van der Waals surface area contributed by atoms with Crippen LogP contribution in [0.3, 0.4) is 0 Å². The summed E-state index contributed by atoms with van der Waals surface area (Å²) >= 11 is 5.41. The van der Waals surface area contributed by atoms with Crippen LogP contribution < -0.4 is 9.47 Å². The molecule has 0 unspecified atom stereocenters. The van der Waals surface area contributed by atoms with Gasteiger partial charge >= 0.3 is 0 Å². The summed E-state index contributed by atoms with van der Waals surface area (Å²) in [7, 11) is 1.56. The number of nitrogens with one attached hydrogen (secondary N) is 1. The van der Waals surface area contributed by atoms with Crippen molar-refractivity contribution >= 4 is 23.4 Å². The molecule has 0 aliphatic carbocycles. The Kier molecular flexibility index (Phi) is 3.57. The number of ether oxygens (including phenoxy) is 2. The summed E-state index contributed by atoms with van der Waals surface area (Å²) in [5, 5.41) is 0. The lowest BCUT2D eigenvalue weighted by Gasteiger charge is -2.11. The van der Waals surface area contributed by atoms with Gasteiger partial charge in [0, 0.05) is 0 Å². The minimum Gasteiger partial charge on any atom is -0.492 e. The van der Waals surface area contributed by atoms with Gasteiger partial charge in [-0.25, -0.2) is 4.98 Å². The molecule has 2 heterocycles. The van der Waals surface area contributed by atoms with Crippen LogP contribution in [0.4, 0.5) is 0 Å². The molecule has 0 saturated carbocycles. The maximum absolute atomic E-state index is 5.67. The van der Waals surface area contributed by atoms with Gasteiger partial charge in [0.1, 0.15) is 17.6 Å². The highest BCUT2D eigenvalue weighted by atomic mass is 32.1. The molecule has 0 saturated heterocycles. The van der Waals surface area contributed by atoms with E-state index in [1.165, 1.54) is 6.33 Å². The lowest BCUT2D eigenvalue weighted by Crippen LogP contribution is -2.01. The fourth-order valence-corrected chi connectivity index (χ4v) is 2.48. The number of hydrogen-bond donors (Lipinski definition) is 1. The van der Waals surface area contributed by atoms with Crippen LogP contribution in [0.2, 0.25) is 0 Å². The van der Waals surface area contributed by atoms with Gasteiger partial charge in [-0.05, 0) is 31.3 Å². The van der Waals surface area contributed by atoms with Gasteiger partial charge in [-0.1, -0.05) is 12.1 Å². The quantitative estimate of drug-likeness (QED) is 0.751. The Morgan fingerprint density at radius 3 is 2.86 bits per heavy atom. The van der Waals surface area contributed by atoms with E-state index < -0.39 is 0 Å². The molecule has 3 rings (SSSR count). The Morgan fingerprint density at radius 2 is 2.10 bits per heavy atom. The molecule has 0 aliphatic rings. The number of H-pyrrole nitrogens is 1. The number of nitrogens with zero attached hydrogens (tertiary/aromatic N) is 3. The van der Waals surface area contributed by atoms with Crippen LogP contribution in [0.1, 0.15) is 6.92 Å². The van der Waals surface area contributed by atoms with E-state index in [1.807, 2.05) is 35.8 Å². The van der Waals surface area contributed by atoms with Crippen molar-refractivity contribution in [3.8, 4) is 17.3 Å². The van der Waals surface area contributed by atoms with Crippen LogP contribution in [0, 0.1) is 4.77 Å². The molecule has 108 valence electrons. The van der Waals surface area contributed by atoms with E-state index >= 15 is 0 Å². The fraction of sp³-hybridized carbons (Fsp3) is 0.214. The van der Waals surface area contributed by atoms with E-state index in [2.05, 4.69) is 15.0 Å². The summed E-state index contributed by atoms with van der Waals surface area (Å²) in [6.45, 7) is 2.52. The van der Waals surface area contributed by atoms with Crippen molar-refractivity contribution < 1.29 is 9.47 Å². The van der Waals surface area contributed by atoms with Gasteiger partial charge in [-0.15, -0.1) is 0 Å². The topological polar surface area (TPSA) is 65.0 Å². The Morgan fingerprint density at radius 1 is 1.29 bits per heavy atom. The smallest absolute Gasteiger partial charge is 0.242 e. The van der Waals surface area contributed by atoms with Crippen molar-refractivity contribution in [1.29, 1.82) is 0 Å². The van der Waals surface area contributed by atoms with Crippen LogP contribution in [-0.2, 0) is 0 Å². The Labute approximate surface area is 126 Å². The zero-order chi connectivity index (χ0) is 14.8. The van der Waals surface area contributed by atoms with Gasteiger partial charge < -0.3 is 14.5 Å². The maximum atomic E-state index is 5.67. The lowest BCUT2D eigenvalue weighted by molar-refractivity contribution is 0.339. The standard InChI is InChI=1S/C14H14N4O2S/c1-3-20-10-7-5-4-6-9(10)18-12-11(17-14(18)21)13(19-2)16-8-15-12/h4-8H,3H2,1-2H3,(H,17,21). The molecule has 3 aromatic rings. The molecule has 1 aromatic carbocycles. The first kappa shape index (κ1) is 13.6. The SMILES string of the molecule is CCOc1ccccc1-n1c(=S)[nH]c2c(OC)ncnc21. The second-order valence-corrected chi connectivity index (χ2v) is 4.63. The molecule has 6 nitrogen and oxygen atoms in total. The average Bonchev–Trinajstić information content (AvgIpc) is 2.84. The van der Waals surface area contributed by atoms with Crippen LogP contribution in [0.5, 0.6) is 11.6 Å². The molecule has 0 amide bonds. The molecule has 0 radical (unpaired) electrons. The first-order valence-electron chi connectivity index (χ1n) is 6.48. The number of hydrogen-bond acceptors (Lipinski definition) is 5. The van der Waals surface area contributed by atoms with Crippen molar-refractivity contribution in [2.24, 2.45) is 0 Å². The molecule has 2 aromatic heterocycles. The van der Waals surface area contributed by atoms with Crippen LogP contribution in [0.25, 0.3) is 16.9 Å². The molecular formula is C14H14N4O2S. The number of aromatic nitrogens is 4. The van der Waals surface area contributed by atoms with E-state index in [-0.39, 0.29) is 0 Å². The first-order valence-corrected chi connectivity index (χ1v) is 6.89. The second-order valence-electron chi connectivity index (χ2n) is 4.25. The third-order valence-corrected chi connectivity index (χ3v) is 3.32. The molecule has 7 heteroatoms. The molecule has 21 heavy (non-hydrogen) atoms. The van der Waals surface area contributed by atoms with Gasteiger partial charge in [0.2, 0.25) is 5.88 Å². The summed E-state index contributed by atoms with van der Waals surface area (Å²) in [6, 6.07) is 7.68. The van der Waals surface area contributed by atoms with E-state index in [0.29, 0.717) is 28.4 Å². The van der Waals surface area contributed by atoms with Gasteiger partial charge in [0.25, 0.3) is 0 Å². The molecule has 0 aliphatic heterocycles. The van der Waals surface area contributed by atoms with Gasteiger partial charge in [0.15, 0.2) is 10.4 Å². The summed E-state index contributed by atoms with van der Waals surface area (Å²) in [6.07, 6.45) is 1.45. The average molecular weight is 302 g/mol. The van der Waals surface area contributed by atoms with Crippen LogP contribution >= 0.6 is 12.2 Å². The zero-order valence-corrected chi connectivity index (χ0v) is 12.5. The highest BCUT2D eigenvalue weighted by Crippen LogP contribution is 2.28. The summed E-state index contributed by atoms with van der Waals surface area (Å²) in [5.41, 5.74) is 2.15. The number of methoxy groups -OCH3 is 1. The second kappa shape index (κ2) is 5.53. The van der Waals surface area contributed by atoms with Gasteiger partial charge in [0.05, 0.1) is 19.4 Å². The predicted octanol–water partition coefficient (Wildman–Crippen LogP) is 2.89. The summed E-state index contributed by atoms with van der Waals surface area (Å²) in [4.78, 5) is 11.5. The molecule has 1 N–H and O–H groups in total. The zero-order valence-electron chi connectivity index (χ0n) is 11.7. The molecule has 0 spiro atoms. The van der Waals surface area contributed by atoms with Crippen molar-refractivity contribution in [1.82, 2.24) is 19.5 Å². The Balaban J connectivity index is 2.31. The molecule has 0 atom stereocenters. The number of para-hydroxylation sites is 2. The van der Waals surface area contributed by atoms with Gasteiger partial charge in [-0.2, -0.15) is 4.98 Å². The number of rotatable bonds is 4. The van der Waals surface area contributed by atoms with Crippen molar-refractivity contribution in [3.63, 3.8) is 0 Å². The lowest BCUT2D eigenvalue weighted by atomic mass is 10.3. The van der Waals surface area contributed by atoms with E-state index in [4.69, 9.17) is 21.7 Å².